The second-order valence-electron chi connectivity index (χ2n) is 3.11. The van der Waals surface area contributed by atoms with Crippen LogP contribution in [-0.4, -0.2) is 29.5 Å². The lowest BCUT2D eigenvalue weighted by atomic mass is 9.90. The van der Waals surface area contributed by atoms with Gasteiger partial charge in [0.2, 0.25) is 0 Å². The molecular weight excluding hydrogens is 222 g/mol. The topological polar surface area (TPSA) is 96.2 Å². The fourth-order valence-corrected chi connectivity index (χ4v) is 2.24. The SMILES string of the molecule is CC/C(=N\O)C(CC)(CC)OS(=O)(=O)O. The summed E-state index contributed by atoms with van der Waals surface area (Å²) in [4.78, 5) is 0. The summed E-state index contributed by atoms with van der Waals surface area (Å²) in [7, 11) is -4.56. The van der Waals surface area contributed by atoms with Gasteiger partial charge in [0, 0.05) is 0 Å². The van der Waals surface area contributed by atoms with Gasteiger partial charge < -0.3 is 5.21 Å². The molecule has 0 saturated carbocycles. The standard InChI is InChI=1S/C8H17NO5S/c1-4-7(9-10)8(5-2,6-3)14-15(11,12)13/h10H,4-6H2,1-3H3,(H,11,12,13)/b9-7+. The average Bonchev–Trinajstić information content (AvgIpc) is 2.16. The Hall–Kier alpha value is -0.660. The molecule has 6 nitrogen and oxygen atoms in total. The third kappa shape index (κ3) is 3.77. The van der Waals surface area contributed by atoms with Crippen LogP contribution < -0.4 is 0 Å². The van der Waals surface area contributed by atoms with Gasteiger partial charge in [-0.15, -0.1) is 0 Å². The first kappa shape index (κ1) is 14.3. The molecular formula is C8H17NO5S. The summed E-state index contributed by atoms with van der Waals surface area (Å²) in [5.74, 6) is 0. The smallest absolute Gasteiger partial charge is 0.398 e. The zero-order valence-corrected chi connectivity index (χ0v) is 9.91. The predicted octanol–water partition coefficient (Wildman–Crippen LogP) is 1.60. The van der Waals surface area contributed by atoms with Crippen LogP contribution >= 0.6 is 0 Å². The molecule has 0 spiro atoms. The molecule has 0 bridgehead atoms. The summed E-state index contributed by atoms with van der Waals surface area (Å²) in [6.07, 6.45) is 0.917. The van der Waals surface area contributed by atoms with Gasteiger partial charge in [-0.05, 0) is 19.3 Å². The lowest BCUT2D eigenvalue weighted by Crippen LogP contribution is -2.42. The molecule has 15 heavy (non-hydrogen) atoms. The maximum absolute atomic E-state index is 10.7. The summed E-state index contributed by atoms with van der Waals surface area (Å²) in [5.41, 5.74) is -1.05. The zero-order valence-electron chi connectivity index (χ0n) is 9.10. The number of nitrogens with zero attached hydrogens (tertiary/aromatic N) is 1. The molecule has 0 rings (SSSR count). The van der Waals surface area contributed by atoms with E-state index >= 15 is 0 Å². The number of rotatable bonds is 6. The molecule has 7 heteroatoms. The van der Waals surface area contributed by atoms with Crippen molar-refractivity contribution >= 4 is 16.1 Å². The molecule has 0 aromatic heterocycles. The maximum Gasteiger partial charge on any atom is 0.398 e. The van der Waals surface area contributed by atoms with Gasteiger partial charge in [-0.2, -0.15) is 8.42 Å². The fourth-order valence-electron chi connectivity index (χ4n) is 1.51. The minimum Gasteiger partial charge on any atom is -0.411 e. The Morgan fingerprint density at radius 3 is 2.00 bits per heavy atom. The van der Waals surface area contributed by atoms with Crippen LogP contribution in [-0.2, 0) is 14.6 Å². The highest BCUT2D eigenvalue weighted by Gasteiger charge is 2.37. The van der Waals surface area contributed by atoms with Gasteiger partial charge in [0.15, 0.2) is 0 Å². The van der Waals surface area contributed by atoms with Crippen LogP contribution in [0.2, 0.25) is 0 Å². The van der Waals surface area contributed by atoms with Crippen LogP contribution in [0.4, 0.5) is 0 Å². The van der Waals surface area contributed by atoms with Gasteiger partial charge in [0.1, 0.15) is 5.60 Å². The number of hydrogen-bond donors (Lipinski definition) is 2. The van der Waals surface area contributed by atoms with Crippen LogP contribution in [0.5, 0.6) is 0 Å². The molecule has 0 amide bonds. The summed E-state index contributed by atoms with van der Waals surface area (Å²) in [6, 6.07) is 0. The third-order valence-corrected chi connectivity index (χ3v) is 2.92. The molecule has 0 aromatic rings. The molecule has 0 radical (unpaired) electrons. The second kappa shape index (κ2) is 5.43. The Labute approximate surface area is 89.9 Å². The maximum atomic E-state index is 10.7. The first-order valence-electron chi connectivity index (χ1n) is 4.74. The summed E-state index contributed by atoms with van der Waals surface area (Å²) in [6.45, 7) is 5.09. The Balaban J connectivity index is 5.22. The van der Waals surface area contributed by atoms with Gasteiger partial charge in [-0.25, -0.2) is 4.18 Å². The Morgan fingerprint density at radius 2 is 1.80 bits per heavy atom. The lowest BCUT2D eigenvalue weighted by Gasteiger charge is -2.29. The van der Waals surface area contributed by atoms with Gasteiger partial charge in [0.25, 0.3) is 0 Å². The van der Waals surface area contributed by atoms with E-state index in [0.717, 1.165) is 0 Å². The Morgan fingerprint density at radius 1 is 1.33 bits per heavy atom. The largest absolute Gasteiger partial charge is 0.411 e. The van der Waals surface area contributed by atoms with Gasteiger partial charge in [0.05, 0.1) is 5.71 Å². The van der Waals surface area contributed by atoms with Crippen molar-refractivity contribution in [3.63, 3.8) is 0 Å². The molecule has 2 N–H and O–H groups in total. The molecule has 0 fully saturated rings. The Bertz CT molecular complexity index is 318. The molecule has 0 atom stereocenters. The minimum atomic E-state index is -4.56. The van der Waals surface area contributed by atoms with E-state index in [4.69, 9.17) is 9.76 Å². The summed E-state index contributed by atoms with van der Waals surface area (Å²) in [5, 5.41) is 11.8. The van der Waals surface area contributed by atoms with Gasteiger partial charge in [-0.1, -0.05) is 25.9 Å². The van der Waals surface area contributed by atoms with Gasteiger partial charge >= 0.3 is 10.4 Å². The Kier molecular flexibility index (Phi) is 5.19. The second-order valence-corrected chi connectivity index (χ2v) is 4.13. The third-order valence-electron chi connectivity index (χ3n) is 2.39. The van der Waals surface area contributed by atoms with E-state index in [1.54, 1.807) is 20.8 Å². The number of hydrogen-bond acceptors (Lipinski definition) is 5. The van der Waals surface area contributed by atoms with Crippen molar-refractivity contribution in [3.8, 4) is 0 Å². The fraction of sp³-hybridized carbons (Fsp3) is 0.875. The van der Waals surface area contributed by atoms with Crippen molar-refractivity contribution in [3.05, 3.63) is 0 Å². The van der Waals surface area contributed by atoms with Crippen molar-refractivity contribution in [2.45, 2.75) is 45.6 Å². The molecule has 90 valence electrons. The monoisotopic (exact) mass is 239 g/mol. The summed E-state index contributed by atoms with van der Waals surface area (Å²) >= 11 is 0. The van der Waals surface area contributed by atoms with E-state index in [-0.39, 0.29) is 18.6 Å². The highest BCUT2D eigenvalue weighted by atomic mass is 32.3. The van der Waals surface area contributed by atoms with E-state index in [1.165, 1.54) is 0 Å². The van der Waals surface area contributed by atoms with Crippen molar-refractivity contribution in [1.29, 1.82) is 0 Å². The quantitative estimate of drug-likeness (QED) is 0.317. The van der Waals surface area contributed by atoms with Crippen molar-refractivity contribution in [2.75, 3.05) is 0 Å². The van der Waals surface area contributed by atoms with E-state index < -0.39 is 16.0 Å². The average molecular weight is 239 g/mol. The molecule has 0 unspecified atom stereocenters. The molecule has 0 aliphatic rings. The van der Waals surface area contributed by atoms with E-state index in [9.17, 15) is 8.42 Å². The number of oxime groups is 1. The van der Waals surface area contributed by atoms with Crippen LogP contribution in [0.25, 0.3) is 0 Å². The molecule has 0 saturated heterocycles. The summed E-state index contributed by atoms with van der Waals surface area (Å²) < 4.78 is 34.7. The van der Waals surface area contributed by atoms with Crippen molar-refractivity contribution < 1.29 is 22.4 Å². The lowest BCUT2D eigenvalue weighted by molar-refractivity contribution is 0.113. The van der Waals surface area contributed by atoms with Gasteiger partial charge in [-0.3, -0.25) is 4.55 Å². The predicted molar refractivity (Wildman–Crippen MR) is 55.5 cm³/mol. The van der Waals surface area contributed by atoms with Crippen LogP contribution in [0.3, 0.4) is 0 Å². The first-order chi connectivity index (χ1) is 6.85. The van der Waals surface area contributed by atoms with E-state index in [2.05, 4.69) is 9.34 Å². The first-order valence-corrected chi connectivity index (χ1v) is 6.11. The van der Waals surface area contributed by atoms with Crippen LogP contribution in [0.1, 0.15) is 40.0 Å². The van der Waals surface area contributed by atoms with Crippen molar-refractivity contribution in [1.82, 2.24) is 0 Å². The molecule has 0 aromatic carbocycles. The van der Waals surface area contributed by atoms with Crippen LogP contribution in [0, 0.1) is 0 Å². The highest BCUT2D eigenvalue weighted by molar-refractivity contribution is 7.81. The minimum absolute atomic E-state index is 0.199. The highest BCUT2D eigenvalue weighted by Crippen LogP contribution is 2.26. The zero-order chi connectivity index (χ0) is 12.1. The molecule has 0 aliphatic carbocycles. The van der Waals surface area contributed by atoms with Crippen LogP contribution in [0.15, 0.2) is 5.16 Å². The molecule has 0 heterocycles. The molecule has 0 aliphatic heterocycles. The van der Waals surface area contributed by atoms with E-state index in [1.807, 2.05) is 0 Å². The van der Waals surface area contributed by atoms with E-state index in [0.29, 0.717) is 6.42 Å². The normalized spacial score (nSPS) is 14.3. The van der Waals surface area contributed by atoms with Crippen molar-refractivity contribution in [2.24, 2.45) is 5.16 Å².